The summed E-state index contributed by atoms with van der Waals surface area (Å²) in [6.45, 7) is 11.9. The standard InChI is InChI=1S/C21H35ClN6O.HI/c1-23-21(25-8-10-27-15-17-29-18-16-27)24-7-4-9-26-11-13-28(14-12-26)20-6-3-2-5-19(20)22;/h2-3,5-6H,4,7-18H2,1H3,(H2,23,24,25);1H. The summed E-state index contributed by atoms with van der Waals surface area (Å²) in [7, 11) is 1.83. The van der Waals surface area contributed by atoms with Crippen molar-refractivity contribution in [2.75, 3.05) is 90.6 Å². The van der Waals surface area contributed by atoms with Crippen LogP contribution in [0.2, 0.25) is 5.02 Å². The summed E-state index contributed by atoms with van der Waals surface area (Å²) in [6.07, 6.45) is 1.11. The summed E-state index contributed by atoms with van der Waals surface area (Å²) in [5, 5.41) is 7.68. The number of anilines is 1. The van der Waals surface area contributed by atoms with Crippen molar-refractivity contribution in [2.24, 2.45) is 4.99 Å². The number of hydrogen-bond acceptors (Lipinski definition) is 5. The number of morpholine rings is 1. The maximum Gasteiger partial charge on any atom is 0.191 e. The van der Waals surface area contributed by atoms with E-state index in [1.54, 1.807) is 0 Å². The Bertz CT molecular complexity index is 636. The highest BCUT2D eigenvalue weighted by atomic mass is 127. The monoisotopic (exact) mass is 550 g/mol. The summed E-state index contributed by atoms with van der Waals surface area (Å²) < 4.78 is 5.39. The maximum absolute atomic E-state index is 6.33. The number of para-hydroxylation sites is 1. The van der Waals surface area contributed by atoms with Crippen LogP contribution in [0.5, 0.6) is 0 Å². The van der Waals surface area contributed by atoms with Crippen LogP contribution in [0.3, 0.4) is 0 Å². The predicted octanol–water partition coefficient (Wildman–Crippen LogP) is 1.97. The Balaban J connectivity index is 0.00000320. The fourth-order valence-electron chi connectivity index (χ4n) is 3.81. The van der Waals surface area contributed by atoms with Gasteiger partial charge in [0.25, 0.3) is 0 Å². The van der Waals surface area contributed by atoms with Crippen LogP contribution < -0.4 is 15.5 Å². The summed E-state index contributed by atoms with van der Waals surface area (Å²) in [6, 6.07) is 8.12. The second-order valence-corrected chi connectivity index (χ2v) is 7.92. The maximum atomic E-state index is 6.33. The fraction of sp³-hybridized carbons (Fsp3) is 0.667. The van der Waals surface area contributed by atoms with E-state index >= 15 is 0 Å². The molecule has 2 aliphatic heterocycles. The highest BCUT2D eigenvalue weighted by Crippen LogP contribution is 2.25. The average molecular weight is 551 g/mol. The largest absolute Gasteiger partial charge is 0.379 e. The topological polar surface area (TPSA) is 55.4 Å². The second kappa shape index (κ2) is 14.3. The van der Waals surface area contributed by atoms with Crippen LogP contribution in [0.4, 0.5) is 5.69 Å². The number of nitrogens with zero attached hydrogens (tertiary/aromatic N) is 4. The van der Waals surface area contributed by atoms with E-state index in [-0.39, 0.29) is 24.0 Å². The van der Waals surface area contributed by atoms with Gasteiger partial charge in [-0.3, -0.25) is 14.8 Å². The molecule has 9 heteroatoms. The number of hydrogen-bond donors (Lipinski definition) is 2. The lowest BCUT2D eigenvalue weighted by atomic mass is 10.2. The molecule has 30 heavy (non-hydrogen) atoms. The molecular formula is C21H36ClIN6O. The van der Waals surface area contributed by atoms with E-state index < -0.39 is 0 Å². The third-order valence-corrected chi connectivity index (χ3v) is 5.88. The summed E-state index contributed by atoms with van der Waals surface area (Å²) in [4.78, 5) is 11.7. The third-order valence-electron chi connectivity index (χ3n) is 5.56. The van der Waals surface area contributed by atoms with Gasteiger partial charge in [-0.2, -0.15) is 0 Å². The summed E-state index contributed by atoms with van der Waals surface area (Å²) in [5.74, 6) is 0.891. The molecule has 2 heterocycles. The van der Waals surface area contributed by atoms with Gasteiger partial charge < -0.3 is 20.3 Å². The van der Waals surface area contributed by atoms with E-state index in [0.717, 1.165) is 102 Å². The lowest BCUT2D eigenvalue weighted by Gasteiger charge is -2.36. The molecule has 0 bridgehead atoms. The molecule has 2 saturated heterocycles. The molecule has 1 aromatic carbocycles. The Morgan fingerprint density at radius 2 is 1.63 bits per heavy atom. The van der Waals surface area contributed by atoms with Crippen molar-refractivity contribution in [3.05, 3.63) is 29.3 Å². The molecule has 0 spiro atoms. The quantitative estimate of drug-likeness (QED) is 0.223. The molecule has 0 radical (unpaired) electrons. The molecule has 0 aliphatic carbocycles. The molecule has 2 N–H and O–H groups in total. The zero-order valence-corrected chi connectivity index (χ0v) is 21.1. The van der Waals surface area contributed by atoms with E-state index in [1.165, 1.54) is 0 Å². The minimum Gasteiger partial charge on any atom is -0.379 e. The Kier molecular flexibility index (Phi) is 12.1. The zero-order chi connectivity index (χ0) is 20.3. The lowest BCUT2D eigenvalue weighted by Crippen LogP contribution is -2.47. The van der Waals surface area contributed by atoms with Gasteiger partial charge in [-0.05, 0) is 25.1 Å². The van der Waals surface area contributed by atoms with E-state index in [4.69, 9.17) is 16.3 Å². The Labute approximate surface area is 203 Å². The average Bonchev–Trinajstić information content (AvgIpc) is 2.77. The molecule has 0 saturated carbocycles. The highest BCUT2D eigenvalue weighted by Gasteiger charge is 2.18. The fourth-order valence-corrected chi connectivity index (χ4v) is 4.06. The first kappa shape index (κ1) is 25.5. The van der Waals surface area contributed by atoms with Crippen molar-refractivity contribution in [1.82, 2.24) is 20.4 Å². The van der Waals surface area contributed by atoms with Gasteiger partial charge >= 0.3 is 0 Å². The molecule has 1 aromatic rings. The summed E-state index contributed by atoms with van der Waals surface area (Å²) >= 11 is 6.33. The van der Waals surface area contributed by atoms with E-state index in [1.807, 2.05) is 19.2 Å². The third kappa shape index (κ3) is 8.37. The molecule has 3 rings (SSSR count). The molecule has 0 unspecified atom stereocenters. The predicted molar refractivity (Wildman–Crippen MR) is 137 cm³/mol. The number of ether oxygens (including phenoxy) is 1. The van der Waals surface area contributed by atoms with Crippen molar-refractivity contribution in [3.63, 3.8) is 0 Å². The Morgan fingerprint density at radius 1 is 0.967 bits per heavy atom. The van der Waals surface area contributed by atoms with Gasteiger partial charge in [0, 0.05) is 66.0 Å². The van der Waals surface area contributed by atoms with E-state index in [9.17, 15) is 0 Å². The minimum absolute atomic E-state index is 0. The highest BCUT2D eigenvalue weighted by molar-refractivity contribution is 14.0. The summed E-state index contributed by atoms with van der Waals surface area (Å²) in [5.41, 5.74) is 1.16. The van der Waals surface area contributed by atoms with Gasteiger partial charge in [-0.1, -0.05) is 23.7 Å². The van der Waals surface area contributed by atoms with Gasteiger partial charge in [0.15, 0.2) is 5.96 Å². The van der Waals surface area contributed by atoms with Crippen LogP contribution in [-0.2, 0) is 4.74 Å². The smallest absolute Gasteiger partial charge is 0.191 e. The van der Waals surface area contributed by atoms with Crippen molar-refractivity contribution in [3.8, 4) is 0 Å². The number of benzene rings is 1. The van der Waals surface area contributed by atoms with Gasteiger partial charge in [-0.15, -0.1) is 24.0 Å². The molecular weight excluding hydrogens is 515 g/mol. The number of halogens is 2. The normalized spacial score (nSPS) is 18.7. The zero-order valence-electron chi connectivity index (χ0n) is 18.0. The van der Waals surface area contributed by atoms with Gasteiger partial charge in [0.05, 0.1) is 23.9 Å². The van der Waals surface area contributed by atoms with Crippen LogP contribution >= 0.6 is 35.6 Å². The number of piperazine rings is 1. The van der Waals surface area contributed by atoms with Crippen LogP contribution in [0, 0.1) is 0 Å². The molecule has 170 valence electrons. The molecule has 2 fully saturated rings. The Hall–Kier alpha value is -0.810. The van der Waals surface area contributed by atoms with Crippen LogP contribution in [0.1, 0.15) is 6.42 Å². The molecule has 7 nitrogen and oxygen atoms in total. The first-order valence-corrected chi connectivity index (χ1v) is 11.1. The van der Waals surface area contributed by atoms with Crippen molar-refractivity contribution in [2.45, 2.75) is 6.42 Å². The van der Waals surface area contributed by atoms with E-state index in [0.29, 0.717) is 0 Å². The van der Waals surface area contributed by atoms with Crippen LogP contribution in [0.25, 0.3) is 0 Å². The first-order chi connectivity index (χ1) is 14.3. The molecule has 0 atom stereocenters. The number of nitrogens with one attached hydrogen (secondary N) is 2. The minimum atomic E-state index is 0. The lowest BCUT2D eigenvalue weighted by molar-refractivity contribution is 0.0389. The first-order valence-electron chi connectivity index (χ1n) is 10.7. The SMILES string of the molecule is CN=C(NCCCN1CCN(c2ccccc2Cl)CC1)NCCN1CCOCC1.I. The van der Waals surface area contributed by atoms with Gasteiger partial charge in [0.1, 0.15) is 0 Å². The van der Waals surface area contributed by atoms with Crippen LogP contribution in [0.15, 0.2) is 29.3 Å². The molecule has 2 aliphatic rings. The molecule has 0 amide bonds. The van der Waals surface area contributed by atoms with E-state index in [2.05, 4.69) is 42.5 Å². The number of rotatable bonds is 8. The number of aliphatic imine (C=N–C) groups is 1. The van der Waals surface area contributed by atoms with Gasteiger partial charge in [-0.25, -0.2) is 0 Å². The second-order valence-electron chi connectivity index (χ2n) is 7.51. The van der Waals surface area contributed by atoms with Crippen molar-refractivity contribution in [1.29, 1.82) is 0 Å². The van der Waals surface area contributed by atoms with Crippen molar-refractivity contribution >= 4 is 47.2 Å². The van der Waals surface area contributed by atoms with Gasteiger partial charge in [0.2, 0.25) is 0 Å². The Morgan fingerprint density at radius 3 is 2.33 bits per heavy atom. The number of guanidine groups is 1. The van der Waals surface area contributed by atoms with Crippen molar-refractivity contribution < 1.29 is 4.74 Å². The van der Waals surface area contributed by atoms with Crippen LogP contribution in [-0.4, -0.2) is 101 Å². The molecule has 0 aromatic heterocycles.